The number of pyridine rings is 1. The van der Waals surface area contributed by atoms with Crippen molar-refractivity contribution >= 4 is 18.2 Å². The van der Waals surface area contributed by atoms with Gasteiger partial charge in [0, 0.05) is 6.07 Å². The molecule has 5 nitrogen and oxygen atoms in total. The molecule has 0 fully saturated rings. The Labute approximate surface area is 69.3 Å². The molecule has 12 heavy (non-hydrogen) atoms. The number of amides is 2. The lowest BCUT2D eigenvalue weighted by Gasteiger charge is -1.99. The molecule has 0 spiro atoms. The minimum atomic E-state index is -0.642. The van der Waals surface area contributed by atoms with Crippen LogP contribution in [-0.4, -0.2) is 12.4 Å². The van der Waals surface area contributed by atoms with Crippen LogP contribution in [0.15, 0.2) is 24.4 Å². The Bertz CT molecular complexity index is 310. The maximum absolute atomic E-state index is 10.5. The summed E-state index contributed by atoms with van der Waals surface area (Å²) in [5.74, 6) is 0.472. The summed E-state index contributed by atoms with van der Waals surface area (Å²) < 4.78 is 1.44. The normalized spacial score (nSPS) is 9.00. The molecule has 1 heterocycles. The van der Waals surface area contributed by atoms with Crippen molar-refractivity contribution in [3.63, 3.8) is 0 Å². The predicted molar refractivity (Wildman–Crippen MR) is 44.0 cm³/mol. The average Bonchev–Trinajstić information content (AvgIpc) is 2.04. The lowest BCUT2D eigenvalue weighted by Crippen LogP contribution is -2.38. The van der Waals surface area contributed by atoms with Crippen LogP contribution in [0, 0.1) is 5.41 Å². The summed E-state index contributed by atoms with van der Waals surface area (Å²) in [7, 11) is 0. The van der Waals surface area contributed by atoms with Gasteiger partial charge in [-0.25, -0.2) is 14.7 Å². The van der Waals surface area contributed by atoms with E-state index in [0.717, 1.165) is 6.34 Å². The van der Waals surface area contributed by atoms with Crippen LogP contribution in [0.25, 0.3) is 0 Å². The molecule has 4 N–H and O–H groups in total. The fourth-order valence-corrected chi connectivity index (χ4v) is 0.801. The first-order valence-electron chi connectivity index (χ1n) is 3.31. The molecule has 0 aromatic carbocycles. The Kier molecular flexibility index (Phi) is 2.37. The number of hydrogen-bond acceptors (Lipinski definition) is 2. The van der Waals surface area contributed by atoms with E-state index >= 15 is 0 Å². The molecule has 0 unspecified atom stereocenters. The zero-order valence-corrected chi connectivity index (χ0v) is 6.32. The van der Waals surface area contributed by atoms with Crippen molar-refractivity contribution in [1.82, 2.24) is 0 Å². The van der Waals surface area contributed by atoms with Gasteiger partial charge >= 0.3 is 6.03 Å². The summed E-state index contributed by atoms with van der Waals surface area (Å²) in [6.45, 7) is 0. The number of hydrogen-bond donors (Lipinski definition) is 3. The number of aromatic nitrogens is 1. The molecule has 0 aliphatic heterocycles. The Morgan fingerprint density at radius 3 is 3.00 bits per heavy atom. The Morgan fingerprint density at radius 1 is 1.67 bits per heavy atom. The van der Waals surface area contributed by atoms with Crippen LogP contribution in [0.3, 0.4) is 0 Å². The Hall–Kier alpha value is -1.91. The van der Waals surface area contributed by atoms with Gasteiger partial charge in [0.05, 0.1) is 6.20 Å². The van der Waals surface area contributed by atoms with Gasteiger partial charge < -0.3 is 5.73 Å². The van der Waals surface area contributed by atoms with Crippen LogP contribution in [-0.2, 0) is 0 Å². The third-order valence-electron chi connectivity index (χ3n) is 1.28. The van der Waals surface area contributed by atoms with E-state index in [2.05, 4.69) is 5.32 Å². The number of nitrogens with one attached hydrogen (secondary N) is 2. The maximum atomic E-state index is 10.5. The summed E-state index contributed by atoms with van der Waals surface area (Å²) in [5, 5.41) is 9.35. The van der Waals surface area contributed by atoms with Gasteiger partial charge in [0.25, 0.3) is 0 Å². The zero-order valence-electron chi connectivity index (χ0n) is 6.32. The minimum absolute atomic E-state index is 0.472. The Balaban J connectivity index is 2.96. The van der Waals surface area contributed by atoms with Crippen molar-refractivity contribution in [2.75, 3.05) is 5.32 Å². The van der Waals surface area contributed by atoms with Crippen LogP contribution in [0.5, 0.6) is 0 Å². The average molecular weight is 165 g/mol. The first-order chi connectivity index (χ1) is 5.74. The molecule has 0 aliphatic carbocycles. The molecule has 1 aromatic rings. The van der Waals surface area contributed by atoms with Crippen LogP contribution in [0.2, 0.25) is 0 Å². The molecule has 5 heteroatoms. The van der Waals surface area contributed by atoms with Crippen molar-refractivity contribution in [3.8, 4) is 0 Å². The number of nitrogens with two attached hydrogens (primary N) is 1. The number of carbonyl (C=O) groups is 1. The van der Waals surface area contributed by atoms with Gasteiger partial charge in [-0.15, -0.1) is 0 Å². The largest absolute Gasteiger partial charge is 0.374 e. The highest BCUT2D eigenvalue weighted by molar-refractivity contribution is 5.86. The standard InChI is InChI=1S/C7H8N4O/c8-5-11-4-2-1-3-6(11)10-7(9)12/h1-5,8H,(H2,9,12)/p+1. The van der Waals surface area contributed by atoms with Gasteiger partial charge in [-0.05, 0) is 6.07 Å². The molecule has 62 valence electrons. The monoisotopic (exact) mass is 165 g/mol. The minimum Gasteiger partial charge on any atom is -0.338 e. The van der Waals surface area contributed by atoms with Crippen LogP contribution < -0.4 is 15.6 Å². The second-order valence-electron chi connectivity index (χ2n) is 2.11. The molecular weight excluding hydrogens is 156 g/mol. The second kappa shape index (κ2) is 3.47. The molecule has 2 amide bonds. The van der Waals surface area contributed by atoms with E-state index in [9.17, 15) is 4.79 Å². The van der Waals surface area contributed by atoms with Gasteiger partial charge in [0.1, 0.15) is 0 Å². The number of nitrogens with zero attached hydrogens (tertiary/aromatic N) is 1. The highest BCUT2D eigenvalue weighted by Gasteiger charge is 2.04. The molecule has 0 bridgehead atoms. The molecule has 1 rings (SSSR count). The van der Waals surface area contributed by atoms with Gasteiger partial charge in [0.15, 0.2) is 0 Å². The van der Waals surface area contributed by atoms with Gasteiger partial charge in [-0.2, -0.15) is 5.41 Å². The molecule has 0 atom stereocenters. The Morgan fingerprint density at radius 2 is 2.42 bits per heavy atom. The molecule has 0 aliphatic rings. The fourth-order valence-electron chi connectivity index (χ4n) is 0.801. The lowest BCUT2D eigenvalue weighted by atomic mass is 10.4. The van der Waals surface area contributed by atoms with Gasteiger partial charge in [-0.3, -0.25) is 0 Å². The predicted octanol–water partition coefficient (Wildman–Crippen LogP) is -0.0801. The number of anilines is 1. The van der Waals surface area contributed by atoms with Crippen LogP contribution >= 0.6 is 0 Å². The molecule has 0 saturated carbocycles. The van der Waals surface area contributed by atoms with Crippen molar-refractivity contribution in [3.05, 3.63) is 24.4 Å². The van der Waals surface area contributed by atoms with Crippen molar-refractivity contribution in [1.29, 1.82) is 5.41 Å². The summed E-state index contributed by atoms with van der Waals surface area (Å²) in [6, 6.07) is 4.50. The maximum Gasteiger partial charge on any atom is 0.374 e. The molecular formula is C7H9N4O+. The van der Waals surface area contributed by atoms with Crippen molar-refractivity contribution in [2.45, 2.75) is 0 Å². The third kappa shape index (κ3) is 1.79. The van der Waals surface area contributed by atoms with Gasteiger partial charge in [-0.1, -0.05) is 6.07 Å². The van der Waals surface area contributed by atoms with E-state index in [4.69, 9.17) is 11.1 Å². The van der Waals surface area contributed by atoms with E-state index in [1.165, 1.54) is 4.57 Å². The molecule has 1 aromatic heterocycles. The van der Waals surface area contributed by atoms with Gasteiger partial charge in [0.2, 0.25) is 12.2 Å². The first kappa shape index (κ1) is 8.19. The van der Waals surface area contributed by atoms with Crippen LogP contribution in [0.1, 0.15) is 0 Å². The highest BCUT2D eigenvalue weighted by atomic mass is 16.2. The number of rotatable bonds is 2. The highest BCUT2D eigenvalue weighted by Crippen LogP contribution is 1.95. The van der Waals surface area contributed by atoms with E-state index in [-0.39, 0.29) is 0 Å². The molecule has 0 radical (unpaired) electrons. The van der Waals surface area contributed by atoms with Crippen molar-refractivity contribution < 1.29 is 9.36 Å². The van der Waals surface area contributed by atoms with E-state index < -0.39 is 6.03 Å². The number of urea groups is 1. The van der Waals surface area contributed by atoms with Crippen LogP contribution in [0.4, 0.5) is 10.6 Å². The van der Waals surface area contributed by atoms with Crippen molar-refractivity contribution in [2.24, 2.45) is 5.73 Å². The SMILES string of the molecule is N=C[n+]1ccccc1NC(N)=O. The lowest BCUT2D eigenvalue weighted by molar-refractivity contribution is -0.530. The first-order valence-corrected chi connectivity index (χ1v) is 3.31. The second-order valence-corrected chi connectivity index (χ2v) is 2.11. The number of carbonyl (C=O) groups excluding carboxylic acids is 1. The summed E-state index contributed by atoms with van der Waals surface area (Å²) in [5.41, 5.74) is 4.91. The quantitative estimate of drug-likeness (QED) is 0.319. The third-order valence-corrected chi connectivity index (χ3v) is 1.28. The topological polar surface area (TPSA) is 82.8 Å². The number of primary amides is 1. The summed E-state index contributed by atoms with van der Waals surface area (Å²) in [6.07, 6.45) is 2.71. The van der Waals surface area contributed by atoms with E-state index in [0.29, 0.717) is 5.82 Å². The smallest absolute Gasteiger partial charge is 0.338 e. The molecule has 0 saturated heterocycles. The zero-order chi connectivity index (χ0) is 8.97. The van der Waals surface area contributed by atoms with E-state index in [1.807, 2.05) is 0 Å². The summed E-state index contributed by atoms with van der Waals surface area (Å²) >= 11 is 0. The van der Waals surface area contributed by atoms with E-state index in [1.54, 1.807) is 24.4 Å². The fraction of sp³-hybridized carbons (Fsp3) is 0. The summed E-state index contributed by atoms with van der Waals surface area (Å²) in [4.78, 5) is 10.5.